The van der Waals surface area contributed by atoms with Crippen LogP contribution in [0.25, 0.3) is 10.9 Å². The molecule has 1 atom stereocenters. The number of nitrogens with two attached hydrogens (primary N) is 1. The average molecular weight is 226 g/mol. The van der Waals surface area contributed by atoms with Gasteiger partial charge in [0.1, 0.15) is 7.85 Å². The molecule has 1 aromatic heterocycles. The van der Waals surface area contributed by atoms with E-state index in [0.717, 1.165) is 30.5 Å². The number of H-pyrrole nitrogens is 1. The molecule has 0 saturated heterocycles. The summed E-state index contributed by atoms with van der Waals surface area (Å²) in [7, 11) is 2.09. The first-order valence-electron chi connectivity index (χ1n) is 6.07. The minimum Gasteiger partial charge on any atom is -0.369 e. The zero-order valence-electron chi connectivity index (χ0n) is 9.92. The lowest BCUT2D eigenvalue weighted by atomic mass is 9.85. The molecule has 3 nitrogen and oxygen atoms in total. The molecule has 4 heteroatoms. The molecule has 2 aromatic rings. The highest BCUT2D eigenvalue weighted by Gasteiger charge is 2.27. The van der Waals surface area contributed by atoms with Gasteiger partial charge in [-0.3, -0.25) is 4.79 Å². The second-order valence-electron chi connectivity index (χ2n) is 4.91. The van der Waals surface area contributed by atoms with Crippen LogP contribution < -0.4 is 11.2 Å². The summed E-state index contributed by atoms with van der Waals surface area (Å²) in [5.74, 6) is -0.347. The number of aromatic amines is 1. The Hall–Kier alpha value is -1.71. The first kappa shape index (κ1) is 10.4. The number of carbonyl (C=O) groups is 1. The monoisotopic (exact) mass is 226 g/mol. The molecule has 3 rings (SSSR count). The standard InChI is InChI=1S/C13H15BN2O/c14-7-4-5-11-10(6-7)8-2-1-3-9(13(15)17)12(8)16-11/h4-6,9,16H,1-3,14H2,(H2,15,17). The Labute approximate surface area is 101 Å². The van der Waals surface area contributed by atoms with Crippen molar-refractivity contribution < 1.29 is 4.79 Å². The van der Waals surface area contributed by atoms with E-state index < -0.39 is 0 Å². The molecule has 0 fully saturated rings. The molecule has 1 aromatic carbocycles. The zero-order valence-corrected chi connectivity index (χ0v) is 9.92. The number of nitrogens with one attached hydrogen (secondary N) is 1. The maximum absolute atomic E-state index is 11.5. The summed E-state index contributed by atoms with van der Waals surface area (Å²) >= 11 is 0. The van der Waals surface area contributed by atoms with Crippen molar-refractivity contribution in [2.24, 2.45) is 5.73 Å². The van der Waals surface area contributed by atoms with Crippen LogP contribution in [0.15, 0.2) is 18.2 Å². The van der Waals surface area contributed by atoms with E-state index in [1.165, 1.54) is 16.4 Å². The Balaban J connectivity index is 2.25. The molecule has 86 valence electrons. The van der Waals surface area contributed by atoms with Crippen LogP contribution in [0, 0.1) is 0 Å². The summed E-state index contributed by atoms with van der Waals surface area (Å²) in [5.41, 5.74) is 10.2. The van der Waals surface area contributed by atoms with Gasteiger partial charge in [0.05, 0.1) is 5.92 Å². The van der Waals surface area contributed by atoms with Gasteiger partial charge in [0.15, 0.2) is 0 Å². The molecular weight excluding hydrogens is 211 g/mol. The molecule has 1 unspecified atom stereocenters. The van der Waals surface area contributed by atoms with Crippen LogP contribution in [0.5, 0.6) is 0 Å². The third-order valence-electron chi connectivity index (χ3n) is 3.71. The molecule has 1 aliphatic rings. The smallest absolute Gasteiger partial charge is 0.226 e. The summed E-state index contributed by atoms with van der Waals surface area (Å²) in [4.78, 5) is 14.8. The number of carbonyl (C=O) groups excluding carboxylic acids is 1. The van der Waals surface area contributed by atoms with Crippen molar-refractivity contribution in [1.82, 2.24) is 4.98 Å². The molecule has 0 bridgehead atoms. The summed E-state index contributed by atoms with van der Waals surface area (Å²) in [6.07, 6.45) is 2.96. The number of aryl methyl sites for hydroxylation is 1. The summed E-state index contributed by atoms with van der Waals surface area (Å²) in [6, 6.07) is 6.36. The minimum atomic E-state index is -0.214. The van der Waals surface area contributed by atoms with Gasteiger partial charge in [0.2, 0.25) is 5.91 Å². The molecule has 1 amide bonds. The maximum Gasteiger partial charge on any atom is 0.226 e. The van der Waals surface area contributed by atoms with E-state index in [1.807, 2.05) is 0 Å². The van der Waals surface area contributed by atoms with Crippen LogP contribution in [0.2, 0.25) is 0 Å². The maximum atomic E-state index is 11.5. The van der Waals surface area contributed by atoms with Gasteiger partial charge in [-0.25, -0.2) is 0 Å². The van der Waals surface area contributed by atoms with E-state index in [0.29, 0.717) is 0 Å². The predicted molar refractivity (Wildman–Crippen MR) is 71.4 cm³/mol. The summed E-state index contributed by atoms with van der Waals surface area (Å²) in [6.45, 7) is 0. The van der Waals surface area contributed by atoms with E-state index in [4.69, 9.17) is 5.73 Å². The summed E-state index contributed by atoms with van der Waals surface area (Å²) < 4.78 is 0. The van der Waals surface area contributed by atoms with E-state index in [1.54, 1.807) is 0 Å². The van der Waals surface area contributed by atoms with Crippen molar-refractivity contribution in [3.63, 3.8) is 0 Å². The third-order valence-corrected chi connectivity index (χ3v) is 3.71. The average Bonchev–Trinajstić information content (AvgIpc) is 2.66. The van der Waals surface area contributed by atoms with Gasteiger partial charge in [0, 0.05) is 16.6 Å². The van der Waals surface area contributed by atoms with Gasteiger partial charge in [-0.05, 0) is 30.9 Å². The lowest BCUT2D eigenvalue weighted by Gasteiger charge is -2.19. The first-order valence-corrected chi connectivity index (χ1v) is 6.07. The van der Waals surface area contributed by atoms with E-state index in [9.17, 15) is 4.79 Å². The Morgan fingerprint density at radius 2 is 2.29 bits per heavy atom. The van der Waals surface area contributed by atoms with Gasteiger partial charge >= 0.3 is 0 Å². The number of hydrogen-bond acceptors (Lipinski definition) is 1. The lowest BCUT2D eigenvalue weighted by Crippen LogP contribution is -2.24. The fourth-order valence-corrected chi connectivity index (χ4v) is 2.86. The number of fused-ring (bicyclic) bond motifs is 3. The Morgan fingerprint density at radius 3 is 3.06 bits per heavy atom. The third kappa shape index (κ3) is 1.55. The lowest BCUT2D eigenvalue weighted by molar-refractivity contribution is -0.119. The van der Waals surface area contributed by atoms with Gasteiger partial charge < -0.3 is 10.7 Å². The van der Waals surface area contributed by atoms with Gasteiger partial charge in [0.25, 0.3) is 0 Å². The van der Waals surface area contributed by atoms with Crippen molar-refractivity contribution in [3.8, 4) is 0 Å². The molecule has 3 N–H and O–H groups in total. The first-order chi connectivity index (χ1) is 8.16. The van der Waals surface area contributed by atoms with Crippen LogP contribution in [-0.4, -0.2) is 18.7 Å². The van der Waals surface area contributed by atoms with Crippen LogP contribution in [-0.2, 0) is 11.2 Å². The van der Waals surface area contributed by atoms with Gasteiger partial charge in [-0.15, -0.1) is 0 Å². The quantitative estimate of drug-likeness (QED) is 0.676. The van der Waals surface area contributed by atoms with Crippen LogP contribution in [0.4, 0.5) is 0 Å². The molecule has 0 spiro atoms. The van der Waals surface area contributed by atoms with E-state index in [-0.39, 0.29) is 11.8 Å². The van der Waals surface area contributed by atoms with Crippen molar-refractivity contribution in [3.05, 3.63) is 29.5 Å². The minimum absolute atomic E-state index is 0.133. The predicted octanol–water partition coefficient (Wildman–Crippen LogP) is 0.332. The van der Waals surface area contributed by atoms with Gasteiger partial charge in [-0.2, -0.15) is 0 Å². The highest BCUT2D eigenvalue weighted by molar-refractivity contribution is 6.33. The number of rotatable bonds is 1. The highest BCUT2D eigenvalue weighted by Crippen LogP contribution is 2.35. The van der Waals surface area contributed by atoms with Gasteiger partial charge in [-0.1, -0.05) is 17.6 Å². The van der Waals surface area contributed by atoms with Crippen molar-refractivity contribution in [1.29, 1.82) is 0 Å². The van der Waals surface area contributed by atoms with Crippen molar-refractivity contribution in [2.75, 3.05) is 0 Å². The van der Waals surface area contributed by atoms with Crippen LogP contribution in [0.1, 0.15) is 30.0 Å². The Kier molecular flexibility index (Phi) is 2.25. The molecule has 0 radical (unpaired) electrons. The number of benzene rings is 1. The molecule has 0 aliphatic heterocycles. The Morgan fingerprint density at radius 1 is 1.47 bits per heavy atom. The number of amides is 1. The second-order valence-corrected chi connectivity index (χ2v) is 4.91. The molecule has 1 aliphatic carbocycles. The molecule has 1 heterocycles. The normalized spacial score (nSPS) is 19.2. The number of hydrogen-bond donors (Lipinski definition) is 2. The van der Waals surface area contributed by atoms with E-state index in [2.05, 4.69) is 31.0 Å². The molecule has 17 heavy (non-hydrogen) atoms. The SMILES string of the molecule is Bc1ccc2[nH]c3c(c2c1)CCCC3C(N)=O. The molecule has 0 saturated carbocycles. The number of aromatic nitrogens is 1. The molecular formula is C13H15BN2O. The fourth-order valence-electron chi connectivity index (χ4n) is 2.86. The van der Waals surface area contributed by atoms with E-state index >= 15 is 0 Å². The van der Waals surface area contributed by atoms with Crippen molar-refractivity contribution in [2.45, 2.75) is 25.2 Å². The van der Waals surface area contributed by atoms with Crippen LogP contribution >= 0.6 is 0 Å². The Bertz CT molecular complexity index is 603. The largest absolute Gasteiger partial charge is 0.369 e. The van der Waals surface area contributed by atoms with Crippen molar-refractivity contribution >= 4 is 30.1 Å². The topological polar surface area (TPSA) is 58.9 Å². The summed E-state index contributed by atoms with van der Waals surface area (Å²) in [5, 5.41) is 1.26. The number of primary amides is 1. The highest BCUT2D eigenvalue weighted by atomic mass is 16.1. The van der Waals surface area contributed by atoms with Crippen LogP contribution in [0.3, 0.4) is 0 Å². The zero-order chi connectivity index (χ0) is 12.0. The fraction of sp³-hybridized carbons (Fsp3) is 0.308. The second kappa shape index (κ2) is 3.65.